The molecule has 0 aliphatic rings. The minimum Gasteiger partial charge on any atom is -0.493 e. The van der Waals surface area contributed by atoms with Gasteiger partial charge in [0.1, 0.15) is 18.2 Å². The Bertz CT molecular complexity index is 883. The van der Waals surface area contributed by atoms with Gasteiger partial charge in [-0.3, -0.25) is 0 Å². The molecule has 0 atom stereocenters. The fourth-order valence-corrected chi connectivity index (χ4v) is 2.45. The highest BCUT2D eigenvalue weighted by atomic mass is 16.5. The van der Waals surface area contributed by atoms with Crippen molar-refractivity contribution in [1.82, 2.24) is 9.97 Å². The second kappa shape index (κ2) is 6.49. The first-order valence-corrected chi connectivity index (χ1v) is 7.27. The summed E-state index contributed by atoms with van der Waals surface area (Å²) in [7, 11) is 3.19. The quantitative estimate of drug-likeness (QED) is 0.741. The lowest BCUT2D eigenvalue weighted by atomic mass is 10.2. The monoisotopic (exact) mass is 326 g/mol. The van der Waals surface area contributed by atoms with Crippen LogP contribution in [0.3, 0.4) is 0 Å². The molecule has 4 N–H and O–H groups in total. The Kier molecular flexibility index (Phi) is 4.24. The highest BCUT2D eigenvalue weighted by molar-refractivity contribution is 5.94. The molecule has 0 bridgehead atoms. The van der Waals surface area contributed by atoms with Gasteiger partial charge in [0, 0.05) is 0 Å². The first kappa shape index (κ1) is 15.7. The van der Waals surface area contributed by atoms with Crippen LogP contribution in [-0.2, 0) is 6.61 Å². The number of hydrogen-bond acceptors (Lipinski definition) is 7. The molecule has 2 aromatic carbocycles. The molecule has 1 heterocycles. The molecule has 0 unspecified atom stereocenters. The summed E-state index contributed by atoms with van der Waals surface area (Å²) in [5, 5.41) is 0.646. The molecule has 0 amide bonds. The maximum atomic E-state index is 5.96. The zero-order valence-electron chi connectivity index (χ0n) is 13.4. The van der Waals surface area contributed by atoms with E-state index in [0.29, 0.717) is 40.6 Å². The minimum absolute atomic E-state index is 0.136. The van der Waals surface area contributed by atoms with Crippen molar-refractivity contribution in [3.05, 3.63) is 42.0 Å². The van der Waals surface area contributed by atoms with Gasteiger partial charge in [0.05, 0.1) is 25.1 Å². The lowest BCUT2D eigenvalue weighted by Gasteiger charge is -2.12. The summed E-state index contributed by atoms with van der Waals surface area (Å²) >= 11 is 0. The molecule has 0 radical (unpaired) electrons. The fourth-order valence-electron chi connectivity index (χ4n) is 2.45. The second-order valence-corrected chi connectivity index (χ2v) is 5.10. The van der Waals surface area contributed by atoms with E-state index < -0.39 is 0 Å². The van der Waals surface area contributed by atoms with Crippen molar-refractivity contribution in [3.8, 4) is 17.2 Å². The normalized spacial score (nSPS) is 10.6. The number of rotatable bonds is 5. The Morgan fingerprint density at radius 3 is 2.46 bits per heavy atom. The molecular weight excluding hydrogens is 308 g/mol. The molecule has 0 spiro atoms. The number of anilines is 2. The molecule has 0 saturated heterocycles. The van der Waals surface area contributed by atoms with E-state index in [1.807, 2.05) is 36.4 Å². The van der Waals surface area contributed by atoms with Crippen molar-refractivity contribution in [2.45, 2.75) is 6.61 Å². The van der Waals surface area contributed by atoms with E-state index in [1.165, 1.54) is 0 Å². The third-order valence-electron chi connectivity index (χ3n) is 3.57. The van der Waals surface area contributed by atoms with Crippen LogP contribution in [0.4, 0.5) is 11.8 Å². The fraction of sp³-hybridized carbons (Fsp3) is 0.176. The van der Waals surface area contributed by atoms with Crippen LogP contribution < -0.4 is 25.7 Å². The van der Waals surface area contributed by atoms with E-state index in [1.54, 1.807) is 14.2 Å². The van der Waals surface area contributed by atoms with Crippen LogP contribution in [0.15, 0.2) is 36.4 Å². The number of benzene rings is 2. The first-order valence-electron chi connectivity index (χ1n) is 7.27. The highest BCUT2D eigenvalue weighted by Crippen LogP contribution is 2.31. The van der Waals surface area contributed by atoms with Crippen LogP contribution in [0, 0.1) is 0 Å². The number of hydrogen-bond donors (Lipinski definition) is 2. The minimum atomic E-state index is 0.136. The summed E-state index contributed by atoms with van der Waals surface area (Å²) in [6, 6.07) is 11.1. The van der Waals surface area contributed by atoms with Crippen molar-refractivity contribution in [1.29, 1.82) is 0 Å². The molecule has 0 aliphatic heterocycles. The Hall–Kier alpha value is -3.22. The maximum absolute atomic E-state index is 5.96. The van der Waals surface area contributed by atoms with Gasteiger partial charge in [0.25, 0.3) is 0 Å². The summed E-state index contributed by atoms with van der Waals surface area (Å²) < 4.78 is 16.4. The number of fused-ring (bicyclic) bond motifs is 1. The number of nitrogens with two attached hydrogens (primary N) is 2. The Morgan fingerprint density at radius 1 is 0.917 bits per heavy atom. The third-order valence-corrected chi connectivity index (χ3v) is 3.57. The molecule has 1 aromatic heterocycles. The van der Waals surface area contributed by atoms with Crippen LogP contribution in [0.1, 0.15) is 5.56 Å². The predicted octanol–water partition coefficient (Wildman–Crippen LogP) is 2.39. The van der Waals surface area contributed by atoms with Gasteiger partial charge in [-0.05, 0) is 29.8 Å². The van der Waals surface area contributed by atoms with Gasteiger partial charge in [0.15, 0.2) is 11.5 Å². The van der Waals surface area contributed by atoms with Gasteiger partial charge in [-0.15, -0.1) is 0 Å². The maximum Gasteiger partial charge on any atom is 0.222 e. The SMILES string of the molecule is COc1ccc(COc2cccc3nc(N)nc(N)c23)cc1OC. The number of ether oxygens (including phenoxy) is 3. The van der Waals surface area contributed by atoms with Crippen LogP contribution in [0.25, 0.3) is 10.9 Å². The summed E-state index contributed by atoms with van der Waals surface area (Å²) in [5.41, 5.74) is 13.2. The second-order valence-electron chi connectivity index (χ2n) is 5.10. The molecular formula is C17H18N4O3. The Balaban J connectivity index is 1.89. The van der Waals surface area contributed by atoms with Gasteiger partial charge in [-0.2, -0.15) is 4.98 Å². The lowest BCUT2D eigenvalue weighted by molar-refractivity contribution is 0.307. The molecule has 24 heavy (non-hydrogen) atoms. The summed E-state index contributed by atoms with van der Waals surface area (Å²) in [5.74, 6) is 2.34. The number of nitrogen functional groups attached to an aromatic ring is 2. The van der Waals surface area contributed by atoms with Crippen molar-refractivity contribution in [2.24, 2.45) is 0 Å². The molecule has 7 heteroatoms. The van der Waals surface area contributed by atoms with E-state index in [4.69, 9.17) is 25.7 Å². The van der Waals surface area contributed by atoms with Gasteiger partial charge in [-0.1, -0.05) is 12.1 Å². The highest BCUT2D eigenvalue weighted by Gasteiger charge is 2.10. The molecule has 0 fully saturated rings. The largest absolute Gasteiger partial charge is 0.493 e. The standard InChI is InChI=1S/C17H18N4O3/c1-22-12-7-6-10(8-14(12)23-2)9-24-13-5-3-4-11-15(13)16(18)21-17(19)20-11/h3-8H,9H2,1-2H3,(H4,18,19,20,21). The Morgan fingerprint density at radius 2 is 1.71 bits per heavy atom. The van der Waals surface area contributed by atoms with E-state index in [2.05, 4.69) is 9.97 Å². The first-order chi connectivity index (χ1) is 11.6. The average Bonchev–Trinajstić information content (AvgIpc) is 2.59. The zero-order chi connectivity index (χ0) is 17.1. The molecule has 124 valence electrons. The van der Waals surface area contributed by atoms with Gasteiger partial charge >= 0.3 is 0 Å². The van der Waals surface area contributed by atoms with Crippen LogP contribution >= 0.6 is 0 Å². The Labute approximate surface area is 139 Å². The van der Waals surface area contributed by atoms with E-state index in [0.717, 1.165) is 5.56 Å². The van der Waals surface area contributed by atoms with E-state index in [9.17, 15) is 0 Å². The molecule has 7 nitrogen and oxygen atoms in total. The third kappa shape index (κ3) is 2.96. The molecule has 3 aromatic rings. The average molecular weight is 326 g/mol. The molecule has 0 aliphatic carbocycles. The summed E-state index contributed by atoms with van der Waals surface area (Å²) in [4.78, 5) is 8.17. The predicted molar refractivity (Wildman–Crippen MR) is 92.2 cm³/mol. The zero-order valence-corrected chi connectivity index (χ0v) is 13.4. The van der Waals surface area contributed by atoms with Crippen LogP contribution in [-0.4, -0.2) is 24.2 Å². The lowest BCUT2D eigenvalue weighted by Crippen LogP contribution is -2.03. The smallest absolute Gasteiger partial charge is 0.222 e. The van der Waals surface area contributed by atoms with Crippen molar-refractivity contribution < 1.29 is 14.2 Å². The molecule has 0 saturated carbocycles. The van der Waals surface area contributed by atoms with E-state index >= 15 is 0 Å². The van der Waals surface area contributed by atoms with Gasteiger partial charge in [-0.25, -0.2) is 4.98 Å². The number of nitrogens with zero attached hydrogens (tertiary/aromatic N) is 2. The van der Waals surface area contributed by atoms with Crippen molar-refractivity contribution in [2.75, 3.05) is 25.7 Å². The van der Waals surface area contributed by atoms with Crippen LogP contribution in [0.2, 0.25) is 0 Å². The van der Waals surface area contributed by atoms with E-state index in [-0.39, 0.29) is 5.95 Å². The van der Waals surface area contributed by atoms with Crippen molar-refractivity contribution >= 4 is 22.7 Å². The van der Waals surface area contributed by atoms with Crippen molar-refractivity contribution in [3.63, 3.8) is 0 Å². The topological polar surface area (TPSA) is 106 Å². The van der Waals surface area contributed by atoms with Crippen LogP contribution in [0.5, 0.6) is 17.2 Å². The summed E-state index contributed by atoms with van der Waals surface area (Å²) in [6.45, 7) is 0.337. The molecule has 3 rings (SSSR count). The number of methoxy groups -OCH3 is 2. The number of aromatic nitrogens is 2. The summed E-state index contributed by atoms with van der Waals surface area (Å²) in [6.07, 6.45) is 0. The van der Waals surface area contributed by atoms with Gasteiger partial charge < -0.3 is 25.7 Å². The van der Waals surface area contributed by atoms with Gasteiger partial charge in [0.2, 0.25) is 5.95 Å².